The van der Waals surface area contributed by atoms with Crippen molar-refractivity contribution in [3.05, 3.63) is 59.2 Å². The molecule has 0 saturated carbocycles. The Hall–Kier alpha value is -3.43. The number of hydrogen-bond acceptors (Lipinski definition) is 9. The van der Waals surface area contributed by atoms with E-state index in [1.54, 1.807) is 6.92 Å². The van der Waals surface area contributed by atoms with E-state index < -0.39 is 29.6 Å². The van der Waals surface area contributed by atoms with Gasteiger partial charge in [-0.05, 0) is 88.8 Å². The average molecular weight is 545 g/mol. The first kappa shape index (κ1) is 31.8. The van der Waals surface area contributed by atoms with Crippen molar-refractivity contribution in [3.8, 4) is 11.5 Å². The van der Waals surface area contributed by atoms with E-state index in [9.17, 15) is 19.5 Å². The standard InChI is InChI=1S/C30H40O9/c1-6-35-27(31)26(30(34,28(32)36-7-2)29(33)37-8-3)38-18-11-9-10-14-23-16-17-25(22(5)20-23)39-24-15-12-13-21(4)19-24/h12-13,15-17,19-20,26,34H,6-11,14,18H2,1-5H3. The Labute approximate surface area is 230 Å². The molecular weight excluding hydrogens is 504 g/mol. The second-order valence-corrected chi connectivity index (χ2v) is 9.04. The van der Waals surface area contributed by atoms with Crippen LogP contribution in [0.4, 0.5) is 0 Å². The molecule has 0 amide bonds. The number of carbonyl (C=O) groups is 3. The molecule has 0 aliphatic carbocycles. The average Bonchev–Trinajstić information content (AvgIpc) is 2.89. The Morgan fingerprint density at radius 2 is 1.51 bits per heavy atom. The van der Waals surface area contributed by atoms with Crippen LogP contribution in [0.5, 0.6) is 11.5 Å². The lowest BCUT2D eigenvalue weighted by Gasteiger charge is -2.30. The van der Waals surface area contributed by atoms with E-state index in [4.69, 9.17) is 23.7 Å². The molecule has 2 aromatic rings. The number of unbranched alkanes of at least 4 members (excludes halogenated alkanes) is 2. The second-order valence-electron chi connectivity index (χ2n) is 9.04. The van der Waals surface area contributed by atoms with Crippen LogP contribution in [0.15, 0.2) is 42.5 Å². The summed E-state index contributed by atoms with van der Waals surface area (Å²) >= 11 is 0. The summed E-state index contributed by atoms with van der Waals surface area (Å²) in [5, 5.41) is 11.0. The number of benzene rings is 2. The highest BCUT2D eigenvalue weighted by Crippen LogP contribution is 2.27. The minimum Gasteiger partial charge on any atom is -0.464 e. The number of ether oxygens (including phenoxy) is 5. The molecule has 0 saturated heterocycles. The Balaban J connectivity index is 1.94. The summed E-state index contributed by atoms with van der Waals surface area (Å²) in [4.78, 5) is 37.6. The van der Waals surface area contributed by atoms with Crippen LogP contribution in [-0.4, -0.2) is 61.1 Å². The van der Waals surface area contributed by atoms with Gasteiger partial charge in [0.25, 0.3) is 5.60 Å². The molecule has 1 atom stereocenters. The summed E-state index contributed by atoms with van der Waals surface area (Å²) in [6.07, 6.45) is 1.01. The van der Waals surface area contributed by atoms with Gasteiger partial charge < -0.3 is 28.8 Å². The number of rotatable bonds is 16. The maximum absolute atomic E-state index is 12.6. The molecule has 0 bridgehead atoms. The highest BCUT2D eigenvalue weighted by Gasteiger charge is 2.58. The first-order chi connectivity index (χ1) is 18.7. The maximum Gasteiger partial charge on any atom is 0.353 e. The topological polar surface area (TPSA) is 118 Å². The van der Waals surface area contributed by atoms with Gasteiger partial charge in [0.05, 0.1) is 19.8 Å². The number of carbonyl (C=O) groups excluding carboxylic acids is 3. The van der Waals surface area contributed by atoms with Crippen molar-refractivity contribution in [1.29, 1.82) is 0 Å². The van der Waals surface area contributed by atoms with E-state index in [1.807, 2.05) is 50.2 Å². The highest BCUT2D eigenvalue weighted by molar-refractivity contribution is 6.08. The number of aryl methyl sites for hydroxylation is 3. The van der Waals surface area contributed by atoms with Gasteiger partial charge in [-0.2, -0.15) is 0 Å². The second kappa shape index (κ2) is 15.9. The van der Waals surface area contributed by atoms with Gasteiger partial charge in [-0.25, -0.2) is 14.4 Å². The Morgan fingerprint density at radius 1 is 0.846 bits per heavy atom. The molecule has 1 unspecified atom stereocenters. The zero-order valence-corrected chi connectivity index (χ0v) is 23.5. The van der Waals surface area contributed by atoms with Crippen molar-refractivity contribution in [2.24, 2.45) is 0 Å². The molecule has 0 aliphatic heterocycles. The van der Waals surface area contributed by atoms with Gasteiger partial charge in [0, 0.05) is 6.61 Å². The molecule has 0 radical (unpaired) electrons. The number of aliphatic hydroxyl groups is 1. The van der Waals surface area contributed by atoms with Crippen LogP contribution < -0.4 is 4.74 Å². The van der Waals surface area contributed by atoms with Crippen LogP contribution in [-0.2, 0) is 39.8 Å². The van der Waals surface area contributed by atoms with Gasteiger partial charge in [0.15, 0.2) is 0 Å². The molecule has 1 N–H and O–H groups in total. The fourth-order valence-electron chi connectivity index (χ4n) is 3.95. The van der Waals surface area contributed by atoms with Crippen LogP contribution in [0.25, 0.3) is 0 Å². The number of esters is 3. The van der Waals surface area contributed by atoms with Crippen molar-refractivity contribution in [2.45, 2.75) is 72.0 Å². The molecule has 2 rings (SSSR count). The summed E-state index contributed by atoms with van der Waals surface area (Å²) < 4.78 is 26.2. The lowest BCUT2D eigenvalue weighted by Crippen LogP contribution is -2.61. The first-order valence-electron chi connectivity index (χ1n) is 13.4. The fourth-order valence-corrected chi connectivity index (χ4v) is 3.95. The molecule has 0 fully saturated rings. The lowest BCUT2D eigenvalue weighted by atomic mass is 9.96. The molecule has 0 aliphatic rings. The summed E-state index contributed by atoms with van der Waals surface area (Å²) in [5.74, 6) is -2.11. The van der Waals surface area contributed by atoms with E-state index in [-0.39, 0.29) is 26.4 Å². The van der Waals surface area contributed by atoms with Crippen molar-refractivity contribution >= 4 is 17.9 Å². The molecule has 214 valence electrons. The zero-order valence-electron chi connectivity index (χ0n) is 23.5. The quantitative estimate of drug-likeness (QED) is 0.140. The van der Waals surface area contributed by atoms with Crippen LogP contribution in [0.3, 0.4) is 0 Å². The van der Waals surface area contributed by atoms with Gasteiger partial charge in [0.2, 0.25) is 6.10 Å². The molecule has 0 aromatic heterocycles. The van der Waals surface area contributed by atoms with Crippen molar-refractivity contribution in [1.82, 2.24) is 0 Å². The maximum atomic E-state index is 12.6. The summed E-state index contributed by atoms with van der Waals surface area (Å²) in [6.45, 7) is 8.35. The predicted octanol–water partition coefficient (Wildman–Crippen LogP) is 4.61. The van der Waals surface area contributed by atoms with E-state index >= 15 is 0 Å². The third-order valence-corrected chi connectivity index (χ3v) is 5.90. The largest absolute Gasteiger partial charge is 0.464 e. The molecule has 0 spiro atoms. The molecule has 2 aromatic carbocycles. The minimum absolute atomic E-state index is 0.00684. The SMILES string of the molecule is CCOC(=O)C(OCCCCCc1ccc(Oc2cccc(C)c2)c(C)c1)C(O)(C(=O)OCC)C(=O)OCC. The van der Waals surface area contributed by atoms with Crippen LogP contribution in [0.2, 0.25) is 0 Å². The monoisotopic (exact) mass is 544 g/mol. The Morgan fingerprint density at radius 3 is 2.10 bits per heavy atom. The zero-order chi connectivity index (χ0) is 28.8. The summed E-state index contributed by atoms with van der Waals surface area (Å²) in [6, 6.07) is 14.0. The van der Waals surface area contributed by atoms with Gasteiger partial charge >= 0.3 is 17.9 Å². The van der Waals surface area contributed by atoms with Gasteiger partial charge in [-0.3, -0.25) is 0 Å². The summed E-state index contributed by atoms with van der Waals surface area (Å²) in [5.41, 5.74) is 0.351. The summed E-state index contributed by atoms with van der Waals surface area (Å²) in [7, 11) is 0. The Bertz CT molecular complexity index is 1080. The molecule has 9 heteroatoms. The predicted molar refractivity (Wildman–Crippen MR) is 145 cm³/mol. The van der Waals surface area contributed by atoms with Crippen molar-refractivity contribution in [3.63, 3.8) is 0 Å². The number of hydrogen-bond donors (Lipinski definition) is 1. The van der Waals surface area contributed by atoms with E-state index in [0.29, 0.717) is 6.42 Å². The third-order valence-electron chi connectivity index (χ3n) is 5.90. The van der Waals surface area contributed by atoms with Crippen LogP contribution in [0.1, 0.15) is 56.7 Å². The van der Waals surface area contributed by atoms with Gasteiger partial charge in [-0.15, -0.1) is 0 Å². The van der Waals surface area contributed by atoms with Crippen molar-refractivity contribution < 1.29 is 43.2 Å². The third kappa shape index (κ3) is 9.07. The van der Waals surface area contributed by atoms with Crippen LogP contribution in [0, 0.1) is 13.8 Å². The smallest absolute Gasteiger partial charge is 0.353 e. The molecule has 39 heavy (non-hydrogen) atoms. The molecular formula is C30H40O9. The minimum atomic E-state index is -2.97. The van der Waals surface area contributed by atoms with E-state index in [0.717, 1.165) is 47.5 Å². The van der Waals surface area contributed by atoms with Crippen molar-refractivity contribution in [2.75, 3.05) is 26.4 Å². The Kier molecular flexibility index (Phi) is 12.9. The fraction of sp³-hybridized carbons (Fsp3) is 0.500. The molecule has 9 nitrogen and oxygen atoms in total. The van der Waals surface area contributed by atoms with E-state index in [1.165, 1.54) is 13.8 Å². The highest BCUT2D eigenvalue weighted by atomic mass is 16.6. The van der Waals surface area contributed by atoms with E-state index in [2.05, 4.69) is 6.07 Å². The van der Waals surface area contributed by atoms with Gasteiger partial charge in [0.1, 0.15) is 11.5 Å². The van der Waals surface area contributed by atoms with Gasteiger partial charge in [-0.1, -0.05) is 30.7 Å². The van der Waals surface area contributed by atoms with Crippen LogP contribution >= 0.6 is 0 Å². The first-order valence-corrected chi connectivity index (χ1v) is 13.4. The normalized spacial score (nSPS) is 11.9. The lowest BCUT2D eigenvalue weighted by molar-refractivity contribution is -0.208. The molecule has 0 heterocycles.